The molecule has 4 N–H and O–H groups in total. The third-order valence-electron chi connectivity index (χ3n) is 1.14. The molecule has 89 valence electrons. The van der Waals surface area contributed by atoms with Gasteiger partial charge in [-0.3, -0.25) is 4.79 Å². The average Bonchev–Trinajstić information content (AvgIpc) is 2.63. The van der Waals surface area contributed by atoms with Crippen molar-refractivity contribution in [2.75, 3.05) is 12.5 Å². The number of carbonyl (C=O) groups is 1. The first kappa shape index (κ1) is 14.2. The van der Waals surface area contributed by atoms with Gasteiger partial charge in [0.2, 0.25) is 0 Å². The van der Waals surface area contributed by atoms with Crippen molar-refractivity contribution in [2.45, 2.75) is 0 Å². The Morgan fingerprint density at radius 2 is 2.33 bits per heavy atom. The third kappa shape index (κ3) is 5.58. The van der Waals surface area contributed by atoms with Crippen LogP contribution in [0, 0.1) is 0 Å². The quantitative estimate of drug-likeness (QED) is 0.445. The molecule has 15 heavy (non-hydrogen) atoms. The second kappa shape index (κ2) is 8.48. The summed E-state index contributed by atoms with van der Waals surface area (Å²) < 4.78 is 0. The summed E-state index contributed by atoms with van der Waals surface area (Å²) in [6, 6.07) is 0. The van der Waals surface area contributed by atoms with Gasteiger partial charge in [0.25, 0.3) is 5.91 Å². The first-order valence-electron chi connectivity index (χ1n) is 3.36. The van der Waals surface area contributed by atoms with Crippen molar-refractivity contribution >= 4 is 31.9 Å². The Bertz CT molecular complexity index is 329. The predicted molar refractivity (Wildman–Crippen MR) is 53.2 cm³/mol. The van der Waals surface area contributed by atoms with Crippen molar-refractivity contribution in [3.05, 3.63) is 12.0 Å². The van der Waals surface area contributed by atoms with E-state index in [9.17, 15) is 4.79 Å². The van der Waals surface area contributed by atoms with Crippen molar-refractivity contribution in [1.29, 1.82) is 0 Å². The first-order valence-corrected chi connectivity index (χ1v) is 5.95. The number of aromatic nitrogens is 2. The Hall–Kier alpha value is -0.821. The molecular formula is C5H8Cl2CuN6O. The fraction of sp³-hybridized carbons (Fsp3) is 0.200. The van der Waals surface area contributed by atoms with Gasteiger partial charge in [-0.15, -0.1) is 0 Å². The summed E-state index contributed by atoms with van der Waals surface area (Å²) in [5, 5.41) is 6.86. The summed E-state index contributed by atoms with van der Waals surface area (Å²) in [5.74, 6) is -0.325. The van der Waals surface area contributed by atoms with Crippen LogP contribution in [0.25, 0.3) is 0 Å². The van der Waals surface area contributed by atoms with Crippen LogP contribution in [0.3, 0.4) is 0 Å². The number of anilines is 1. The van der Waals surface area contributed by atoms with Crippen LogP contribution in [0.2, 0.25) is 0 Å². The van der Waals surface area contributed by atoms with E-state index >= 15 is 0 Å². The number of amides is 1. The molecule has 0 unspecified atom stereocenters. The van der Waals surface area contributed by atoms with Crippen molar-refractivity contribution in [3.8, 4) is 0 Å². The Morgan fingerprint density at radius 1 is 1.73 bits per heavy atom. The molecule has 1 rings (SSSR count). The van der Waals surface area contributed by atoms with Gasteiger partial charge in [-0.2, -0.15) is 5.11 Å². The molecule has 0 atom stereocenters. The molecule has 0 aliphatic rings. The van der Waals surface area contributed by atoms with Gasteiger partial charge in [-0.05, 0) is 0 Å². The van der Waals surface area contributed by atoms with Gasteiger partial charge in [0.15, 0.2) is 5.82 Å². The summed E-state index contributed by atoms with van der Waals surface area (Å²) in [6.07, 6.45) is 1.34. The second-order valence-electron chi connectivity index (χ2n) is 1.95. The molecule has 0 aromatic carbocycles. The summed E-state index contributed by atoms with van der Waals surface area (Å²) >= 11 is 0.757. The molecule has 0 spiro atoms. The molecule has 0 radical (unpaired) electrons. The number of carbonyl (C=O) groups excluding carboxylic acids is 1. The van der Waals surface area contributed by atoms with Gasteiger partial charge in [-0.1, -0.05) is 5.22 Å². The van der Waals surface area contributed by atoms with Gasteiger partial charge in [-0.25, -0.2) is 10.4 Å². The van der Waals surface area contributed by atoms with Crippen LogP contribution >= 0.6 is 20.2 Å². The van der Waals surface area contributed by atoms with Crippen molar-refractivity contribution in [3.63, 3.8) is 0 Å². The minimum atomic E-state index is -0.596. The van der Waals surface area contributed by atoms with Crippen molar-refractivity contribution in [2.24, 2.45) is 16.1 Å². The summed E-state index contributed by atoms with van der Waals surface area (Å²) in [7, 11) is 10.8. The molecule has 0 aliphatic heterocycles. The molecule has 0 bridgehead atoms. The number of hydrogen-bond donors (Lipinski definition) is 3. The maximum atomic E-state index is 10.7. The van der Waals surface area contributed by atoms with Crippen LogP contribution in [0.4, 0.5) is 5.82 Å². The number of nitrogens with one attached hydrogen (secondary N) is 2. The van der Waals surface area contributed by atoms with Gasteiger partial charge in [0.1, 0.15) is 5.69 Å². The monoisotopic (exact) mass is 301 g/mol. The van der Waals surface area contributed by atoms with E-state index in [1.54, 1.807) is 0 Å². The number of H-pyrrole nitrogens is 1. The zero-order valence-corrected chi connectivity index (χ0v) is 9.92. The second-order valence-corrected chi connectivity index (χ2v) is 3.50. The summed E-state index contributed by atoms with van der Waals surface area (Å²) in [4.78, 5) is 17.0. The molecular weight excluding hydrogens is 295 g/mol. The van der Waals surface area contributed by atoms with Gasteiger partial charge < -0.3 is 10.7 Å². The molecule has 0 aliphatic carbocycles. The van der Waals surface area contributed by atoms with Crippen molar-refractivity contribution < 1.29 is 17.9 Å². The van der Waals surface area contributed by atoms with Crippen LogP contribution in [0.5, 0.6) is 0 Å². The molecule has 0 saturated heterocycles. The van der Waals surface area contributed by atoms with Crippen LogP contribution in [0.15, 0.2) is 16.7 Å². The van der Waals surface area contributed by atoms with Gasteiger partial charge in [0, 0.05) is 0 Å². The number of halogens is 2. The average molecular weight is 303 g/mol. The predicted octanol–water partition coefficient (Wildman–Crippen LogP) is 1.29. The van der Waals surface area contributed by atoms with Gasteiger partial charge >= 0.3 is 33.3 Å². The topological polar surface area (TPSA) is 109 Å². The molecule has 7 nitrogen and oxygen atoms in total. The fourth-order valence-corrected chi connectivity index (χ4v) is 0.664. The number of rotatable bonds is 3. The number of imidazole rings is 1. The van der Waals surface area contributed by atoms with E-state index in [1.807, 2.05) is 0 Å². The normalized spacial score (nSPS) is 9.80. The van der Waals surface area contributed by atoms with E-state index in [-0.39, 0.29) is 11.5 Å². The van der Waals surface area contributed by atoms with E-state index in [1.165, 1.54) is 13.4 Å². The standard InChI is InChI=1S/C5H8N6O.2ClH.Cu/c1-7-11-10-5-3(4(6)12)8-2-9-5;;;/h2H,1H3,(H2,6,12)(H,7,10)(H,8,9);2*1H;/q;;;+2/p-2. The maximum absolute atomic E-state index is 10.7. The van der Waals surface area contributed by atoms with Crippen molar-refractivity contribution in [1.82, 2.24) is 9.97 Å². The molecule has 1 aromatic heterocycles. The molecule has 1 heterocycles. The zero-order chi connectivity index (χ0) is 11.7. The summed E-state index contributed by atoms with van der Waals surface area (Å²) in [6.45, 7) is 0. The third-order valence-corrected chi connectivity index (χ3v) is 1.14. The van der Waals surface area contributed by atoms with Gasteiger partial charge in [0.05, 0.1) is 13.4 Å². The Kier molecular flexibility index (Phi) is 8.02. The summed E-state index contributed by atoms with van der Waals surface area (Å²) in [5.41, 5.74) is 7.63. The molecule has 1 aromatic rings. The number of hydrogen-bond acceptors (Lipinski definition) is 4. The van der Waals surface area contributed by atoms with E-state index < -0.39 is 5.91 Å². The number of nitrogens with two attached hydrogens (primary N) is 1. The zero-order valence-electron chi connectivity index (χ0n) is 7.46. The van der Waals surface area contributed by atoms with E-state index in [0.717, 1.165) is 13.1 Å². The molecule has 0 saturated carbocycles. The van der Waals surface area contributed by atoms with E-state index in [0.29, 0.717) is 0 Å². The molecule has 0 fully saturated rings. The van der Waals surface area contributed by atoms with E-state index in [4.69, 9.17) is 5.73 Å². The number of aromatic amines is 1. The minimum absolute atomic E-state index is 0.183. The SMILES string of the molecule is CN=NNc1nc[nH]c1C(N)=O.[Cl][Cu][Cl]. The fourth-order valence-electron chi connectivity index (χ4n) is 0.664. The van der Waals surface area contributed by atoms with Crippen LogP contribution < -0.4 is 11.2 Å². The molecule has 10 heteroatoms. The number of nitrogens with zero attached hydrogens (tertiary/aromatic N) is 3. The van der Waals surface area contributed by atoms with Crippen LogP contribution in [-0.4, -0.2) is 22.9 Å². The van der Waals surface area contributed by atoms with Crippen LogP contribution in [0.1, 0.15) is 10.5 Å². The first-order chi connectivity index (χ1) is 7.17. The molecule has 1 amide bonds. The number of primary amides is 1. The Morgan fingerprint density at radius 3 is 2.80 bits per heavy atom. The van der Waals surface area contributed by atoms with Crippen LogP contribution in [-0.2, 0) is 13.1 Å². The van der Waals surface area contributed by atoms with E-state index in [2.05, 4.69) is 45.9 Å². The Balaban J connectivity index is 0.000000583. The Labute approximate surface area is 100 Å².